The van der Waals surface area contributed by atoms with Crippen molar-refractivity contribution >= 4 is 34.7 Å². The molecule has 7 nitrogen and oxygen atoms in total. The number of anilines is 1. The van der Waals surface area contributed by atoms with Crippen molar-refractivity contribution in [3.63, 3.8) is 0 Å². The highest BCUT2D eigenvalue weighted by Gasteiger charge is 2.17. The normalized spacial score (nSPS) is 10.9. The first-order valence-electron chi connectivity index (χ1n) is 8.49. The van der Waals surface area contributed by atoms with Crippen molar-refractivity contribution in [2.24, 2.45) is 0 Å². The zero-order chi connectivity index (χ0) is 19.5. The summed E-state index contributed by atoms with van der Waals surface area (Å²) in [5.74, 6) is 0.632. The minimum absolute atomic E-state index is 0.0214. The van der Waals surface area contributed by atoms with Crippen LogP contribution < -0.4 is 10.1 Å². The third kappa shape index (κ3) is 3.72. The molecule has 0 atom stereocenters. The quantitative estimate of drug-likeness (QED) is 0.484. The summed E-state index contributed by atoms with van der Waals surface area (Å²) in [5.41, 5.74) is 1.55. The van der Waals surface area contributed by atoms with Gasteiger partial charge < -0.3 is 13.6 Å². The number of nitrogens with zero attached hydrogens (tertiary/aromatic N) is 2. The summed E-state index contributed by atoms with van der Waals surface area (Å²) in [5, 5.41) is 11.2. The lowest BCUT2D eigenvalue weighted by atomic mass is 10.1. The Morgan fingerprint density at radius 2 is 1.96 bits per heavy atom. The number of furan rings is 1. The summed E-state index contributed by atoms with van der Waals surface area (Å²) in [6, 6.07) is 15.2. The minimum Gasteiger partial charge on any atom is -0.493 e. The van der Waals surface area contributed by atoms with Crippen LogP contribution in [0.3, 0.4) is 0 Å². The smallest absolute Gasteiger partial charge is 0.322 e. The molecule has 1 N–H and O–H groups in total. The molecule has 28 heavy (non-hydrogen) atoms. The number of methoxy groups -OCH3 is 1. The number of aromatic nitrogens is 2. The highest BCUT2D eigenvalue weighted by atomic mass is 32.2. The lowest BCUT2D eigenvalue weighted by molar-refractivity contribution is 0.0995. The van der Waals surface area contributed by atoms with E-state index in [1.807, 2.05) is 42.7 Å². The number of ether oxygens (including phenoxy) is 1. The van der Waals surface area contributed by atoms with E-state index >= 15 is 0 Å². The van der Waals surface area contributed by atoms with Gasteiger partial charge in [0.05, 0.1) is 13.5 Å². The van der Waals surface area contributed by atoms with Crippen LogP contribution in [-0.4, -0.2) is 29.5 Å². The summed E-state index contributed by atoms with van der Waals surface area (Å²) in [6.07, 6.45) is 2.51. The van der Waals surface area contributed by atoms with E-state index < -0.39 is 5.91 Å². The topological polar surface area (TPSA) is 90.4 Å². The van der Waals surface area contributed by atoms with Crippen molar-refractivity contribution in [2.75, 3.05) is 18.7 Å². The van der Waals surface area contributed by atoms with Crippen LogP contribution in [0.2, 0.25) is 0 Å². The van der Waals surface area contributed by atoms with E-state index in [9.17, 15) is 4.79 Å². The molecule has 0 saturated carbocycles. The SMILES string of the molecule is COc1cccc2cc(C(=O)Nc3nnc(Cc4ccc(SC)cc4)o3)oc12. The highest BCUT2D eigenvalue weighted by molar-refractivity contribution is 7.98. The largest absolute Gasteiger partial charge is 0.493 e. The Bertz CT molecular complexity index is 1120. The molecule has 0 aliphatic heterocycles. The second kappa shape index (κ2) is 7.77. The van der Waals surface area contributed by atoms with Gasteiger partial charge in [0.25, 0.3) is 5.91 Å². The number of fused-ring (bicyclic) bond motifs is 1. The van der Waals surface area contributed by atoms with Crippen LogP contribution in [0.15, 0.2) is 62.3 Å². The number of benzene rings is 2. The van der Waals surface area contributed by atoms with Crippen LogP contribution in [0.5, 0.6) is 5.75 Å². The predicted octanol–water partition coefficient (Wildman–Crippen LogP) is 4.39. The second-order valence-corrected chi connectivity index (χ2v) is 6.85. The summed E-state index contributed by atoms with van der Waals surface area (Å²) in [6.45, 7) is 0. The molecule has 2 aromatic carbocycles. The Balaban J connectivity index is 1.46. The molecule has 0 spiro atoms. The van der Waals surface area contributed by atoms with Crippen molar-refractivity contribution in [1.82, 2.24) is 10.2 Å². The molecule has 4 aromatic rings. The maximum Gasteiger partial charge on any atom is 0.322 e. The molecule has 0 unspecified atom stereocenters. The zero-order valence-electron chi connectivity index (χ0n) is 15.3. The molecule has 4 rings (SSSR count). The van der Waals surface area contributed by atoms with Crippen LogP contribution in [0, 0.1) is 0 Å². The molecule has 0 saturated heterocycles. The summed E-state index contributed by atoms with van der Waals surface area (Å²) in [4.78, 5) is 13.6. The van der Waals surface area contributed by atoms with E-state index in [1.165, 1.54) is 4.90 Å². The van der Waals surface area contributed by atoms with Crippen LogP contribution in [0.4, 0.5) is 6.01 Å². The van der Waals surface area contributed by atoms with Gasteiger partial charge in [0.1, 0.15) is 0 Å². The zero-order valence-corrected chi connectivity index (χ0v) is 16.1. The van der Waals surface area contributed by atoms with Crippen LogP contribution in [0.1, 0.15) is 22.0 Å². The van der Waals surface area contributed by atoms with E-state index in [2.05, 4.69) is 15.5 Å². The molecule has 0 radical (unpaired) electrons. The number of nitrogens with one attached hydrogen (secondary N) is 1. The minimum atomic E-state index is -0.474. The van der Waals surface area contributed by atoms with Gasteiger partial charge in [-0.25, -0.2) is 0 Å². The van der Waals surface area contributed by atoms with Crippen molar-refractivity contribution in [3.8, 4) is 5.75 Å². The third-order valence-corrected chi connectivity index (χ3v) is 4.90. The number of para-hydroxylation sites is 1. The first kappa shape index (κ1) is 18.1. The average Bonchev–Trinajstić information content (AvgIpc) is 3.35. The van der Waals surface area contributed by atoms with Crippen molar-refractivity contribution < 1.29 is 18.4 Å². The van der Waals surface area contributed by atoms with Gasteiger partial charge in [0.2, 0.25) is 5.89 Å². The number of hydrogen-bond acceptors (Lipinski definition) is 7. The van der Waals surface area contributed by atoms with E-state index in [0.717, 1.165) is 10.9 Å². The van der Waals surface area contributed by atoms with Crippen LogP contribution in [0.25, 0.3) is 11.0 Å². The first-order valence-corrected chi connectivity index (χ1v) is 9.72. The Kier molecular flexibility index (Phi) is 5.03. The van der Waals surface area contributed by atoms with E-state index in [-0.39, 0.29) is 11.8 Å². The van der Waals surface area contributed by atoms with Gasteiger partial charge in [0.15, 0.2) is 17.1 Å². The van der Waals surface area contributed by atoms with Gasteiger partial charge in [-0.05, 0) is 36.1 Å². The molecule has 0 bridgehead atoms. The Hall–Kier alpha value is -3.26. The van der Waals surface area contributed by atoms with E-state index in [0.29, 0.717) is 23.6 Å². The standard InChI is InChI=1S/C20H17N3O4S/c1-25-15-5-3-4-13-11-16(26-18(13)15)19(24)21-20-23-22-17(27-20)10-12-6-8-14(28-2)9-7-12/h3-9,11H,10H2,1-2H3,(H,21,23,24). The van der Waals surface area contributed by atoms with Gasteiger partial charge in [-0.2, -0.15) is 0 Å². The molecule has 142 valence electrons. The summed E-state index contributed by atoms with van der Waals surface area (Å²) < 4.78 is 16.4. The van der Waals surface area contributed by atoms with Crippen LogP contribution >= 0.6 is 11.8 Å². The van der Waals surface area contributed by atoms with Gasteiger partial charge in [-0.1, -0.05) is 29.4 Å². The molecule has 0 aliphatic rings. The molecular formula is C20H17N3O4S. The molecule has 2 aromatic heterocycles. The number of carbonyl (C=O) groups excluding carboxylic acids is 1. The lowest BCUT2D eigenvalue weighted by Crippen LogP contribution is -2.11. The van der Waals surface area contributed by atoms with E-state index in [4.69, 9.17) is 13.6 Å². The second-order valence-electron chi connectivity index (χ2n) is 5.97. The maximum absolute atomic E-state index is 12.4. The van der Waals surface area contributed by atoms with Gasteiger partial charge in [-0.3, -0.25) is 10.1 Å². The number of thioether (sulfide) groups is 1. The first-order chi connectivity index (χ1) is 13.7. The Morgan fingerprint density at radius 1 is 1.14 bits per heavy atom. The predicted molar refractivity (Wildman–Crippen MR) is 106 cm³/mol. The van der Waals surface area contributed by atoms with Crippen LogP contribution in [-0.2, 0) is 6.42 Å². The maximum atomic E-state index is 12.4. The molecule has 1 amide bonds. The number of carbonyl (C=O) groups is 1. The molecule has 0 aliphatic carbocycles. The van der Waals surface area contributed by atoms with Crippen molar-refractivity contribution in [2.45, 2.75) is 11.3 Å². The van der Waals surface area contributed by atoms with Gasteiger partial charge in [0, 0.05) is 10.3 Å². The number of hydrogen-bond donors (Lipinski definition) is 1. The van der Waals surface area contributed by atoms with Crippen molar-refractivity contribution in [3.05, 3.63) is 65.7 Å². The lowest BCUT2D eigenvalue weighted by Gasteiger charge is -1.99. The fourth-order valence-electron chi connectivity index (χ4n) is 2.76. The summed E-state index contributed by atoms with van der Waals surface area (Å²) >= 11 is 1.68. The Labute approximate surface area is 165 Å². The molecular weight excluding hydrogens is 378 g/mol. The average molecular weight is 395 g/mol. The molecule has 8 heteroatoms. The molecule has 0 fully saturated rings. The fraction of sp³-hybridized carbons (Fsp3) is 0.150. The fourth-order valence-corrected chi connectivity index (χ4v) is 3.17. The number of rotatable bonds is 6. The summed E-state index contributed by atoms with van der Waals surface area (Å²) in [7, 11) is 1.55. The Morgan fingerprint density at radius 3 is 2.71 bits per heavy atom. The number of amides is 1. The molecule has 2 heterocycles. The monoisotopic (exact) mass is 395 g/mol. The van der Waals surface area contributed by atoms with E-state index in [1.54, 1.807) is 31.0 Å². The highest BCUT2D eigenvalue weighted by Crippen LogP contribution is 2.28. The van der Waals surface area contributed by atoms with Gasteiger partial charge >= 0.3 is 6.01 Å². The van der Waals surface area contributed by atoms with Crippen molar-refractivity contribution in [1.29, 1.82) is 0 Å². The van der Waals surface area contributed by atoms with Gasteiger partial charge in [-0.15, -0.1) is 16.9 Å². The third-order valence-electron chi connectivity index (χ3n) is 4.15.